The van der Waals surface area contributed by atoms with Crippen molar-refractivity contribution in [2.45, 2.75) is 6.42 Å². The molecular weight excluding hydrogens is 343 g/mol. The zero-order valence-electron chi connectivity index (χ0n) is 12.9. The molecule has 126 valence electrons. The Hall–Kier alpha value is -3.06. The Morgan fingerprint density at radius 3 is 2.40 bits per heavy atom. The van der Waals surface area contributed by atoms with Crippen molar-refractivity contribution < 1.29 is 19.1 Å². The van der Waals surface area contributed by atoms with E-state index in [1.165, 1.54) is 24.3 Å². The molecule has 0 saturated carbocycles. The normalized spacial score (nSPS) is 10.4. The summed E-state index contributed by atoms with van der Waals surface area (Å²) in [6.07, 6.45) is -0.186. The molecular formula is C18H13FN2O3S. The lowest BCUT2D eigenvalue weighted by molar-refractivity contribution is -0.136. The number of carbonyl (C=O) groups is 2. The largest absolute Gasteiger partial charge is 0.481 e. The molecule has 2 N–H and O–H groups in total. The number of anilines is 1. The van der Waals surface area contributed by atoms with Crippen molar-refractivity contribution in [3.05, 3.63) is 70.9 Å². The molecule has 0 unspecified atom stereocenters. The van der Waals surface area contributed by atoms with E-state index in [9.17, 15) is 14.0 Å². The number of aromatic nitrogens is 1. The van der Waals surface area contributed by atoms with Crippen LogP contribution < -0.4 is 5.32 Å². The number of hydrogen-bond donors (Lipinski definition) is 2. The van der Waals surface area contributed by atoms with Crippen LogP contribution in [0, 0.1) is 5.82 Å². The molecule has 0 bridgehead atoms. The number of carboxylic acid groups (broad SMARTS) is 1. The lowest BCUT2D eigenvalue weighted by Crippen LogP contribution is -2.11. The molecule has 25 heavy (non-hydrogen) atoms. The van der Waals surface area contributed by atoms with Crippen LogP contribution in [0.5, 0.6) is 0 Å². The van der Waals surface area contributed by atoms with Gasteiger partial charge in [0, 0.05) is 16.0 Å². The minimum atomic E-state index is -0.975. The smallest absolute Gasteiger partial charge is 0.308 e. The number of nitrogens with one attached hydrogen (secondary N) is 1. The molecule has 0 aliphatic carbocycles. The van der Waals surface area contributed by atoms with Crippen molar-refractivity contribution in [1.82, 2.24) is 4.98 Å². The van der Waals surface area contributed by atoms with E-state index >= 15 is 0 Å². The molecule has 2 aromatic carbocycles. The third-order valence-electron chi connectivity index (χ3n) is 3.38. The number of aliphatic carboxylic acids is 1. The van der Waals surface area contributed by atoms with Gasteiger partial charge >= 0.3 is 5.97 Å². The van der Waals surface area contributed by atoms with Gasteiger partial charge < -0.3 is 5.11 Å². The first-order valence-electron chi connectivity index (χ1n) is 7.37. The summed E-state index contributed by atoms with van der Waals surface area (Å²) in [6, 6.07) is 14.3. The molecule has 1 heterocycles. The Bertz CT molecular complexity index is 908. The van der Waals surface area contributed by atoms with E-state index in [0.717, 1.165) is 16.9 Å². The number of hydrogen-bond acceptors (Lipinski definition) is 4. The molecule has 3 rings (SSSR count). The van der Waals surface area contributed by atoms with Gasteiger partial charge in [0.15, 0.2) is 5.13 Å². The maximum absolute atomic E-state index is 12.9. The van der Waals surface area contributed by atoms with E-state index in [2.05, 4.69) is 10.3 Å². The van der Waals surface area contributed by atoms with Crippen LogP contribution in [0.25, 0.3) is 11.3 Å². The van der Waals surface area contributed by atoms with Gasteiger partial charge in [-0.2, -0.15) is 0 Å². The minimum absolute atomic E-state index is 0.186. The number of rotatable bonds is 5. The summed E-state index contributed by atoms with van der Waals surface area (Å²) in [5, 5.41) is 12.0. The predicted octanol–water partition coefficient (Wildman–Crippen LogP) is 3.83. The molecule has 0 aliphatic heterocycles. The summed E-state index contributed by atoms with van der Waals surface area (Å²) in [7, 11) is 0. The van der Waals surface area contributed by atoms with Crippen LogP contribution in [-0.4, -0.2) is 22.0 Å². The maximum Gasteiger partial charge on any atom is 0.308 e. The monoisotopic (exact) mass is 356 g/mol. The molecule has 1 aromatic heterocycles. The van der Waals surface area contributed by atoms with Gasteiger partial charge in [-0.05, 0) is 24.3 Å². The number of benzene rings is 2. The molecule has 5 nitrogen and oxygen atoms in total. The Morgan fingerprint density at radius 2 is 1.76 bits per heavy atom. The zero-order valence-corrected chi connectivity index (χ0v) is 13.7. The lowest BCUT2D eigenvalue weighted by Gasteiger charge is -2.01. The summed E-state index contributed by atoms with van der Waals surface area (Å²) >= 11 is 1.11. The third-order valence-corrected chi connectivity index (χ3v) is 4.35. The van der Waals surface area contributed by atoms with Crippen molar-refractivity contribution in [1.29, 1.82) is 0 Å². The van der Waals surface area contributed by atoms with E-state index < -0.39 is 17.7 Å². The minimum Gasteiger partial charge on any atom is -0.481 e. The molecule has 7 heteroatoms. The van der Waals surface area contributed by atoms with E-state index in [1.54, 1.807) is 0 Å². The van der Waals surface area contributed by atoms with Crippen molar-refractivity contribution in [3.8, 4) is 11.3 Å². The van der Waals surface area contributed by atoms with Gasteiger partial charge in [0.1, 0.15) is 5.82 Å². The SMILES string of the molecule is O=C(O)Cc1sc(NC(=O)c2ccc(F)cc2)nc1-c1ccccc1. The van der Waals surface area contributed by atoms with Gasteiger partial charge in [-0.1, -0.05) is 30.3 Å². The third kappa shape index (κ3) is 4.07. The van der Waals surface area contributed by atoms with E-state index in [4.69, 9.17) is 5.11 Å². The lowest BCUT2D eigenvalue weighted by atomic mass is 10.1. The molecule has 3 aromatic rings. The first-order chi connectivity index (χ1) is 12.0. The number of carboxylic acids is 1. The van der Waals surface area contributed by atoms with Crippen LogP contribution in [-0.2, 0) is 11.2 Å². The molecule has 0 spiro atoms. The Balaban J connectivity index is 1.89. The van der Waals surface area contributed by atoms with Crippen molar-refractivity contribution in [2.75, 3.05) is 5.32 Å². The fourth-order valence-corrected chi connectivity index (χ4v) is 3.22. The Labute approximate surface area is 146 Å². The first kappa shape index (κ1) is 16.8. The Kier molecular flexibility index (Phi) is 4.85. The van der Waals surface area contributed by atoms with Gasteiger partial charge in [0.2, 0.25) is 0 Å². The maximum atomic E-state index is 12.9. The fraction of sp³-hybridized carbons (Fsp3) is 0.0556. The van der Waals surface area contributed by atoms with Crippen LogP contribution in [0.3, 0.4) is 0 Å². The molecule has 0 aliphatic rings. The number of carbonyl (C=O) groups excluding carboxylic acids is 1. The summed E-state index contributed by atoms with van der Waals surface area (Å²) < 4.78 is 12.9. The van der Waals surface area contributed by atoms with Gasteiger partial charge in [-0.25, -0.2) is 9.37 Å². The van der Waals surface area contributed by atoms with Crippen LogP contribution >= 0.6 is 11.3 Å². The molecule has 0 fully saturated rings. The van der Waals surface area contributed by atoms with Crippen molar-refractivity contribution >= 4 is 28.3 Å². The van der Waals surface area contributed by atoms with Crippen LogP contribution in [0.4, 0.5) is 9.52 Å². The van der Waals surface area contributed by atoms with Gasteiger partial charge in [0.05, 0.1) is 12.1 Å². The second-order valence-corrected chi connectivity index (χ2v) is 6.27. The second kappa shape index (κ2) is 7.23. The average Bonchev–Trinajstić information content (AvgIpc) is 2.97. The molecule has 0 radical (unpaired) electrons. The highest BCUT2D eigenvalue weighted by Crippen LogP contribution is 2.31. The van der Waals surface area contributed by atoms with Crippen molar-refractivity contribution in [3.63, 3.8) is 0 Å². The molecule has 0 atom stereocenters. The van der Waals surface area contributed by atoms with Gasteiger partial charge in [-0.3, -0.25) is 14.9 Å². The standard InChI is InChI=1S/C18H13FN2O3S/c19-13-8-6-12(7-9-13)17(24)21-18-20-16(11-4-2-1-3-5-11)14(25-18)10-15(22)23/h1-9H,10H2,(H,22,23)(H,20,21,24). The highest BCUT2D eigenvalue weighted by atomic mass is 32.1. The predicted molar refractivity (Wildman–Crippen MR) is 93.2 cm³/mol. The second-order valence-electron chi connectivity index (χ2n) is 5.19. The highest BCUT2D eigenvalue weighted by molar-refractivity contribution is 7.16. The number of nitrogens with zero attached hydrogens (tertiary/aromatic N) is 1. The summed E-state index contributed by atoms with van der Waals surface area (Å²) in [4.78, 5) is 28.2. The summed E-state index contributed by atoms with van der Waals surface area (Å²) in [5.41, 5.74) is 1.59. The zero-order chi connectivity index (χ0) is 17.8. The van der Waals surface area contributed by atoms with E-state index in [1.807, 2.05) is 30.3 Å². The summed E-state index contributed by atoms with van der Waals surface area (Å²) in [5.74, 6) is -1.84. The first-order valence-corrected chi connectivity index (χ1v) is 8.18. The quantitative estimate of drug-likeness (QED) is 0.728. The Morgan fingerprint density at radius 1 is 1.08 bits per heavy atom. The van der Waals surface area contributed by atoms with E-state index in [0.29, 0.717) is 15.7 Å². The fourth-order valence-electron chi connectivity index (χ4n) is 2.25. The number of thiazole rings is 1. The van der Waals surface area contributed by atoms with Crippen LogP contribution in [0.2, 0.25) is 0 Å². The highest BCUT2D eigenvalue weighted by Gasteiger charge is 2.17. The molecule has 1 amide bonds. The summed E-state index contributed by atoms with van der Waals surface area (Å²) in [6.45, 7) is 0. The van der Waals surface area contributed by atoms with Gasteiger partial charge in [0.25, 0.3) is 5.91 Å². The van der Waals surface area contributed by atoms with Crippen LogP contribution in [0.1, 0.15) is 15.2 Å². The van der Waals surface area contributed by atoms with E-state index in [-0.39, 0.29) is 12.0 Å². The topological polar surface area (TPSA) is 79.3 Å². The van der Waals surface area contributed by atoms with Gasteiger partial charge in [-0.15, -0.1) is 11.3 Å². The number of amides is 1. The van der Waals surface area contributed by atoms with Crippen molar-refractivity contribution in [2.24, 2.45) is 0 Å². The number of halogens is 1. The van der Waals surface area contributed by atoms with Crippen LogP contribution in [0.15, 0.2) is 54.6 Å². The average molecular weight is 356 g/mol. The molecule has 0 saturated heterocycles.